The van der Waals surface area contributed by atoms with Crippen LogP contribution in [0.15, 0.2) is 40.9 Å². The summed E-state index contributed by atoms with van der Waals surface area (Å²) in [5.74, 6) is 0. The molecule has 2 aromatic carbocycles. The van der Waals surface area contributed by atoms with Gasteiger partial charge in [-0.05, 0) is 47.9 Å². The third kappa shape index (κ3) is 3.41. The molecule has 0 saturated heterocycles. The van der Waals surface area contributed by atoms with E-state index in [1.165, 1.54) is 30.0 Å². The number of rotatable bonds is 4. The SMILES string of the molecule is OCC1(CNc2ccc3cc(Br)ccc3c2)CCCCC1. The van der Waals surface area contributed by atoms with E-state index in [0.717, 1.165) is 29.5 Å². The van der Waals surface area contributed by atoms with Crippen LogP contribution in [0.4, 0.5) is 5.69 Å². The Labute approximate surface area is 134 Å². The molecule has 2 N–H and O–H groups in total. The molecule has 0 radical (unpaired) electrons. The second-order valence-electron chi connectivity index (χ2n) is 6.28. The average Bonchev–Trinajstić information content (AvgIpc) is 2.54. The van der Waals surface area contributed by atoms with Crippen LogP contribution in [-0.4, -0.2) is 18.3 Å². The van der Waals surface area contributed by atoms with E-state index in [1.54, 1.807) is 0 Å². The lowest BCUT2D eigenvalue weighted by atomic mass is 9.74. The quantitative estimate of drug-likeness (QED) is 0.819. The fraction of sp³-hybridized carbons (Fsp3) is 0.444. The third-order valence-electron chi connectivity index (χ3n) is 4.72. The maximum absolute atomic E-state index is 9.78. The molecule has 0 amide bonds. The van der Waals surface area contributed by atoms with Crippen LogP contribution in [0.1, 0.15) is 32.1 Å². The van der Waals surface area contributed by atoms with Crippen molar-refractivity contribution in [3.05, 3.63) is 40.9 Å². The van der Waals surface area contributed by atoms with Gasteiger partial charge in [0.2, 0.25) is 0 Å². The highest BCUT2D eigenvalue weighted by atomic mass is 79.9. The van der Waals surface area contributed by atoms with E-state index in [2.05, 4.69) is 57.6 Å². The smallest absolute Gasteiger partial charge is 0.0504 e. The predicted octanol–water partition coefficient (Wildman–Crippen LogP) is 4.96. The van der Waals surface area contributed by atoms with Gasteiger partial charge in [0.1, 0.15) is 0 Å². The Kier molecular flexibility index (Phi) is 4.51. The highest BCUT2D eigenvalue weighted by Crippen LogP contribution is 2.36. The Balaban J connectivity index is 1.74. The summed E-state index contributed by atoms with van der Waals surface area (Å²) >= 11 is 3.51. The number of hydrogen-bond acceptors (Lipinski definition) is 2. The summed E-state index contributed by atoms with van der Waals surface area (Å²) in [4.78, 5) is 0. The largest absolute Gasteiger partial charge is 0.396 e. The molecule has 0 spiro atoms. The summed E-state index contributed by atoms with van der Waals surface area (Å²) in [5, 5.41) is 15.8. The van der Waals surface area contributed by atoms with Crippen LogP contribution < -0.4 is 5.32 Å². The van der Waals surface area contributed by atoms with Gasteiger partial charge < -0.3 is 10.4 Å². The molecule has 0 bridgehead atoms. The Hall–Kier alpha value is -1.06. The van der Waals surface area contributed by atoms with E-state index < -0.39 is 0 Å². The summed E-state index contributed by atoms with van der Waals surface area (Å²) in [6, 6.07) is 12.8. The number of halogens is 1. The number of benzene rings is 2. The highest BCUT2D eigenvalue weighted by molar-refractivity contribution is 9.10. The van der Waals surface area contributed by atoms with Crippen molar-refractivity contribution in [2.24, 2.45) is 5.41 Å². The standard InChI is InChI=1S/C18H22BrNO/c19-16-6-4-15-11-17(7-5-14(15)10-16)20-12-18(13-21)8-2-1-3-9-18/h4-7,10-11,20-21H,1-3,8-9,12-13H2. The lowest BCUT2D eigenvalue weighted by molar-refractivity contribution is 0.0944. The monoisotopic (exact) mass is 347 g/mol. The number of aliphatic hydroxyl groups excluding tert-OH is 1. The molecule has 0 aliphatic heterocycles. The molecule has 1 aliphatic carbocycles. The topological polar surface area (TPSA) is 32.3 Å². The van der Waals surface area contributed by atoms with E-state index in [-0.39, 0.29) is 5.41 Å². The van der Waals surface area contributed by atoms with Gasteiger partial charge in [-0.25, -0.2) is 0 Å². The Morgan fingerprint density at radius 3 is 2.48 bits per heavy atom. The van der Waals surface area contributed by atoms with Crippen LogP contribution >= 0.6 is 15.9 Å². The second-order valence-corrected chi connectivity index (χ2v) is 7.19. The van der Waals surface area contributed by atoms with Gasteiger partial charge in [-0.1, -0.05) is 47.3 Å². The first-order valence-corrected chi connectivity index (χ1v) is 8.54. The van der Waals surface area contributed by atoms with E-state index in [1.807, 2.05) is 0 Å². The fourth-order valence-electron chi connectivity index (χ4n) is 3.31. The van der Waals surface area contributed by atoms with Crippen molar-refractivity contribution in [3.63, 3.8) is 0 Å². The van der Waals surface area contributed by atoms with Crippen LogP contribution in [0.25, 0.3) is 10.8 Å². The zero-order chi connectivity index (χ0) is 14.7. The Morgan fingerprint density at radius 1 is 1.00 bits per heavy atom. The number of nitrogens with one attached hydrogen (secondary N) is 1. The molecule has 1 aliphatic rings. The minimum Gasteiger partial charge on any atom is -0.396 e. The van der Waals surface area contributed by atoms with Gasteiger partial charge in [0.15, 0.2) is 0 Å². The van der Waals surface area contributed by atoms with Crippen LogP contribution in [0.2, 0.25) is 0 Å². The van der Waals surface area contributed by atoms with Gasteiger partial charge in [-0.3, -0.25) is 0 Å². The van der Waals surface area contributed by atoms with Crippen LogP contribution in [-0.2, 0) is 0 Å². The first kappa shape index (κ1) is 14.9. The molecule has 0 atom stereocenters. The van der Waals surface area contributed by atoms with Gasteiger partial charge in [0.05, 0.1) is 6.61 Å². The molecule has 3 heteroatoms. The zero-order valence-corrected chi connectivity index (χ0v) is 13.8. The Morgan fingerprint density at radius 2 is 1.71 bits per heavy atom. The molecule has 1 saturated carbocycles. The minimum absolute atomic E-state index is 0.0763. The number of fused-ring (bicyclic) bond motifs is 1. The molecule has 21 heavy (non-hydrogen) atoms. The molecule has 0 unspecified atom stereocenters. The van der Waals surface area contributed by atoms with Gasteiger partial charge in [-0.2, -0.15) is 0 Å². The van der Waals surface area contributed by atoms with E-state index in [0.29, 0.717) is 6.61 Å². The number of hydrogen-bond donors (Lipinski definition) is 2. The van der Waals surface area contributed by atoms with Crippen molar-refractivity contribution in [1.29, 1.82) is 0 Å². The van der Waals surface area contributed by atoms with Gasteiger partial charge in [0, 0.05) is 22.1 Å². The van der Waals surface area contributed by atoms with Crippen molar-refractivity contribution >= 4 is 32.4 Å². The summed E-state index contributed by atoms with van der Waals surface area (Å²) in [6.45, 7) is 1.16. The second kappa shape index (κ2) is 6.37. The first-order valence-electron chi connectivity index (χ1n) is 7.75. The average molecular weight is 348 g/mol. The molecule has 3 rings (SSSR count). The predicted molar refractivity (Wildman–Crippen MR) is 92.7 cm³/mol. The zero-order valence-electron chi connectivity index (χ0n) is 12.2. The number of anilines is 1. The summed E-state index contributed by atoms with van der Waals surface area (Å²) in [5.41, 5.74) is 1.22. The van der Waals surface area contributed by atoms with Crippen molar-refractivity contribution in [2.45, 2.75) is 32.1 Å². The maximum atomic E-state index is 9.78. The van der Waals surface area contributed by atoms with E-state index in [4.69, 9.17) is 0 Å². The van der Waals surface area contributed by atoms with Crippen molar-refractivity contribution in [3.8, 4) is 0 Å². The summed E-state index contributed by atoms with van der Waals surface area (Å²) in [6.07, 6.45) is 6.07. The molecule has 112 valence electrons. The van der Waals surface area contributed by atoms with Crippen molar-refractivity contribution in [1.82, 2.24) is 0 Å². The Bertz CT molecular complexity index is 620. The van der Waals surface area contributed by atoms with E-state index >= 15 is 0 Å². The molecular weight excluding hydrogens is 326 g/mol. The fourth-order valence-corrected chi connectivity index (χ4v) is 3.69. The van der Waals surface area contributed by atoms with Crippen molar-refractivity contribution < 1.29 is 5.11 Å². The first-order chi connectivity index (χ1) is 10.2. The maximum Gasteiger partial charge on any atom is 0.0504 e. The summed E-state index contributed by atoms with van der Waals surface area (Å²) < 4.78 is 1.11. The molecule has 1 fully saturated rings. The van der Waals surface area contributed by atoms with Gasteiger partial charge in [0.25, 0.3) is 0 Å². The van der Waals surface area contributed by atoms with Gasteiger partial charge >= 0.3 is 0 Å². The molecule has 0 heterocycles. The lowest BCUT2D eigenvalue weighted by Gasteiger charge is -2.36. The van der Waals surface area contributed by atoms with Crippen LogP contribution in [0, 0.1) is 5.41 Å². The lowest BCUT2D eigenvalue weighted by Crippen LogP contribution is -2.35. The molecule has 0 aromatic heterocycles. The molecule has 2 aromatic rings. The molecule has 2 nitrogen and oxygen atoms in total. The van der Waals surface area contributed by atoms with Crippen molar-refractivity contribution in [2.75, 3.05) is 18.5 Å². The molecular formula is C18H22BrNO. The van der Waals surface area contributed by atoms with Crippen LogP contribution in [0.5, 0.6) is 0 Å². The van der Waals surface area contributed by atoms with E-state index in [9.17, 15) is 5.11 Å². The normalized spacial score (nSPS) is 17.8. The number of aliphatic hydroxyl groups is 1. The van der Waals surface area contributed by atoms with Crippen LogP contribution in [0.3, 0.4) is 0 Å². The third-order valence-corrected chi connectivity index (χ3v) is 5.21. The minimum atomic E-state index is 0.0763. The summed E-state index contributed by atoms with van der Waals surface area (Å²) in [7, 11) is 0. The van der Waals surface area contributed by atoms with Gasteiger partial charge in [-0.15, -0.1) is 0 Å². The highest BCUT2D eigenvalue weighted by Gasteiger charge is 2.31.